The first kappa shape index (κ1) is 15.6. The van der Waals surface area contributed by atoms with E-state index in [0.29, 0.717) is 12.0 Å². The maximum Gasteiger partial charge on any atom is 0.121 e. The Morgan fingerprint density at radius 3 is 3.00 bits per heavy atom. The van der Waals surface area contributed by atoms with Crippen molar-refractivity contribution >= 4 is 21.6 Å². The van der Waals surface area contributed by atoms with Crippen molar-refractivity contribution in [3.05, 3.63) is 22.7 Å². The van der Waals surface area contributed by atoms with Gasteiger partial charge in [-0.25, -0.2) is 0 Å². The van der Waals surface area contributed by atoms with Gasteiger partial charge in [-0.3, -0.25) is 0 Å². The molecule has 20 heavy (non-hydrogen) atoms. The smallest absolute Gasteiger partial charge is 0.121 e. The molecule has 0 radical (unpaired) electrons. The molecule has 4 heteroatoms. The fourth-order valence-corrected chi connectivity index (χ4v) is 3.25. The van der Waals surface area contributed by atoms with E-state index >= 15 is 0 Å². The number of benzene rings is 1. The van der Waals surface area contributed by atoms with Gasteiger partial charge in [-0.2, -0.15) is 0 Å². The number of likely N-dealkylation sites (tertiary alicyclic amines) is 1. The largest absolute Gasteiger partial charge is 0.497 e. The molecular formula is C16H25BrN2O. The van der Waals surface area contributed by atoms with Gasteiger partial charge in [-0.1, -0.05) is 6.92 Å². The Kier molecular flexibility index (Phi) is 5.73. The van der Waals surface area contributed by atoms with Crippen molar-refractivity contribution in [3.63, 3.8) is 0 Å². The number of anilines is 1. The molecule has 1 fully saturated rings. The maximum absolute atomic E-state index is 5.30. The average molecular weight is 341 g/mol. The van der Waals surface area contributed by atoms with Gasteiger partial charge in [0.15, 0.2) is 0 Å². The molecule has 3 nitrogen and oxygen atoms in total. The topological polar surface area (TPSA) is 24.5 Å². The van der Waals surface area contributed by atoms with E-state index in [1.165, 1.54) is 25.9 Å². The zero-order valence-corrected chi connectivity index (χ0v) is 14.2. The highest BCUT2D eigenvalue weighted by atomic mass is 79.9. The highest BCUT2D eigenvalue weighted by Gasteiger charge is 2.24. The van der Waals surface area contributed by atoms with Crippen LogP contribution in [0.2, 0.25) is 0 Å². The number of ether oxygens (including phenoxy) is 1. The molecule has 1 N–H and O–H groups in total. The molecular weight excluding hydrogens is 316 g/mol. The van der Waals surface area contributed by atoms with E-state index in [4.69, 9.17) is 4.74 Å². The normalized spacial score (nSPS) is 21.5. The summed E-state index contributed by atoms with van der Waals surface area (Å²) < 4.78 is 6.39. The van der Waals surface area contributed by atoms with Gasteiger partial charge in [-0.15, -0.1) is 0 Å². The van der Waals surface area contributed by atoms with E-state index in [2.05, 4.69) is 46.1 Å². The lowest BCUT2D eigenvalue weighted by atomic mass is 9.91. The van der Waals surface area contributed by atoms with Crippen LogP contribution in [-0.2, 0) is 0 Å². The second-order valence-corrected chi connectivity index (χ2v) is 6.43. The van der Waals surface area contributed by atoms with E-state index in [1.54, 1.807) is 7.11 Å². The summed E-state index contributed by atoms with van der Waals surface area (Å²) >= 11 is 3.61. The Bertz CT molecular complexity index is 438. The Balaban J connectivity index is 2.01. The number of piperidine rings is 1. The summed E-state index contributed by atoms with van der Waals surface area (Å²) in [7, 11) is 1.71. The number of nitrogens with zero attached hydrogens (tertiary/aromatic N) is 1. The van der Waals surface area contributed by atoms with Gasteiger partial charge < -0.3 is 15.0 Å². The van der Waals surface area contributed by atoms with Gasteiger partial charge in [0.1, 0.15) is 5.75 Å². The lowest BCUT2D eigenvalue weighted by Crippen LogP contribution is -2.41. The third-order valence-electron chi connectivity index (χ3n) is 4.25. The highest BCUT2D eigenvalue weighted by Crippen LogP contribution is 2.30. The number of hydrogen-bond acceptors (Lipinski definition) is 3. The molecule has 1 aliphatic heterocycles. The van der Waals surface area contributed by atoms with Gasteiger partial charge in [0, 0.05) is 23.1 Å². The Hall–Kier alpha value is -0.740. The first-order valence-corrected chi connectivity index (χ1v) is 8.25. The molecule has 0 saturated carbocycles. The minimum absolute atomic E-state index is 0.466. The van der Waals surface area contributed by atoms with Crippen LogP contribution in [0.15, 0.2) is 22.7 Å². The number of halogens is 1. The number of nitrogens with one attached hydrogen (secondary N) is 1. The minimum Gasteiger partial charge on any atom is -0.497 e. The van der Waals surface area contributed by atoms with Crippen molar-refractivity contribution in [2.24, 2.45) is 5.92 Å². The standard InChI is InChI=1S/C16H25BrN2O/c1-4-19-9-5-6-13(11-19)12(2)18-16-10-14(20-3)7-8-15(16)17/h7-8,10,12-13,18H,4-6,9,11H2,1-3H3. The van der Waals surface area contributed by atoms with Gasteiger partial charge in [-0.05, 0) is 66.8 Å². The second kappa shape index (κ2) is 7.32. The molecule has 0 bridgehead atoms. The van der Waals surface area contributed by atoms with E-state index in [9.17, 15) is 0 Å². The van der Waals surface area contributed by atoms with Crippen molar-refractivity contribution in [1.29, 1.82) is 0 Å². The zero-order chi connectivity index (χ0) is 14.5. The molecule has 1 heterocycles. The minimum atomic E-state index is 0.466. The summed E-state index contributed by atoms with van der Waals surface area (Å²) in [4.78, 5) is 2.55. The average Bonchev–Trinajstić information content (AvgIpc) is 2.49. The molecule has 1 saturated heterocycles. The maximum atomic E-state index is 5.30. The van der Waals surface area contributed by atoms with Crippen LogP contribution in [0, 0.1) is 5.92 Å². The third kappa shape index (κ3) is 3.89. The summed E-state index contributed by atoms with van der Waals surface area (Å²) in [5.74, 6) is 1.60. The van der Waals surface area contributed by atoms with E-state index in [-0.39, 0.29) is 0 Å². The summed E-state index contributed by atoms with van der Waals surface area (Å²) in [6.07, 6.45) is 2.62. The lowest BCUT2D eigenvalue weighted by molar-refractivity contribution is 0.172. The van der Waals surface area contributed by atoms with Crippen LogP contribution in [-0.4, -0.2) is 37.7 Å². The van der Waals surface area contributed by atoms with Crippen LogP contribution in [0.25, 0.3) is 0 Å². The quantitative estimate of drug-likeness (QED) is 0.876. The monoisotopic (exact) mass is 340 g/mol. The van der Waals surface area contributed by atoms with Crippen molar-refractivity contribution in [2.75, 3.05) is 32.1 Å². The van der Waals surface area contributed by atoms with Crippen molar-refractivity contribution in [1.82, 2.24) is 4.90 Å². The number of methoxy groups -OCH3 is 1. The summed E-state index contributed by atoms with van der Waals surface area (Å²) in [6, 6.07) is 6.53. The van der Waals surface area contributed by atoms with Gasteiger partial charge >= 0.3 is 0 Å². The summed E-state index contributed by atoms with van der Waals surface area (Å²) in [5, 5.41) is 3.65. The molecule has 112 valence electrons. The number of hydrogen-bond donors (Lipinski definition) is 1. The molecule has 0 amide bonds. The summed E-state index contributed by atoms with van der Waals surface area (Å²) in [5.41, 5.74) is 1.12. The summed E-state index contributed by atoms with van der Waals surface area (Å²) in [6.45, 7) is 8.15. The van der Waals surface area contributed by atoms with Crippen LogP contribution in [0.1, 0.15) is 26.7 Å². The number of rotatable bonds is 5. The molecule has 2 rings (SSSR count). The van der Waals surface area contributed by atoms with E-state index in [1.807, 2.05) is 12.1 Å². The van der Waals surface area contributed by atoms with E-state index < -0.39 is 0 Å². The highest BCUT2D eigenvalue weighted by molar-refractivity contribution is 9.10. The van der Waals surface area contributed by atoms with E-state index in [0.717, 1.165) is 22.5 Å². The molecule has 2 unspecified atom stereocenters. The first-order valence-electron chi connectivity index (χ1n) is 7.46. The van der Waals surface area contributed by atoms with Crippen molar-refractivity contribution in [2.45, 2.75) is 32.7 Å². The molecule has 0 aromatic heterocycles. The molecule has 1 aromatic rings. The first-order chi connectivity index (χ1) is 9.63. The SMILES string of the molecule is CCN1CCCC(C(C)Nc2cc(OC)ccc2Br)C1. The molecule has 0 aliphatic carbocycles. The van der Waals surface area contributed by atoms with Crippen LogP contribution < -0.4 is 10.1 Å². The molecule has 1 aliphatic rings. The Labute approximate surface area is 130 Å². The fraction of sp³-hybridized carbons (Fsp3) is 0.625. The lowest BCUT2D eigenvalue weighted by Gasteiger charge is -2.36. The predicted molar refractivity (Wildman–Crippen MR) is 88.6 cm³/mol. The van der Waals surface area contributed by atoms with Crippen molar-refractivity contribution in [3.8, 4) is 5.75 Å². The van der Waals surface area contributed by atoms with Crippen LogP contribution in [0.5, 0.6) is 5.75 Å². The van der Waals surface area contributed by atoms with Gasteiger partial charge in [0.25, 0.3) is 0 Å². The van der Waals surface area contributed by atoms with Crippen molar-refractivity contribution < 1.29 is 4.74 Å². The third-order valence-corrected chi connectivity index (χ3v) is 4.94. The molecule has 1 aromatic carbocycles. The fourth-order valence-electron chi connectivity index (χ4n) is 2.89. The molecule has 0 spiro atoms. The molecule has 2 atom stereocenters. The van der Waals surface area contributed by atoms with Gasteiger partial charge in [0.2, 0.25) is 0 Å². The van der Waals surface area contributed by atoms with Crippen LogP contribution in [0.4, 0.5) is 5.69 Å². The predicted octanol–water partition coefficient (Wildman–Crippen LogP) is 3.99. The van der Waals surface area contributed by atoms with Crippen LogP contribution in [0.3, 0.4) is 0 Å². The van der Waals surface area contributed by atoms with Gasteiger partial charge in [0.05, 0.1) is 12.8 Å². The zero-order valence-electron chi connectivity index (χ0n) is 12.7. The van der Waals surface area contributed by atoms with Crippen LogP contribution >= 0.6 is 15.9 Å². The second-order valence-electron chi connectivity index (χ2n) is 5.57. The Morgan fingerprint density at radius 2 is 2.30 bits per heavy atom. The Morgan fingerprint density at radius 1 is 1.50 bits per heavy atom.